The Balaban J connectivity index is 2.02. The summed E-state index contributed by atoms with van der Waals surface area (Å²) in [6.45, 7) is 5.49. The molecule has 0 fully saturated rings. The third kappa shape index (κ3) is 3.35. The number of benzene rings is 2. The molecule has 3 rings (SSSR count). The number of carbonyl (C=O) groups is 1. The van der Waals surface area contributed by atoms with Gasteiger partial charge in [0.05, 0.1) is 0 Å². The fourth-order valence-corrected chi connectivity index (χ4v) is 2.79. The molecule has 1 heterocycles. The third-order valence-corrected chi connectivity index (χ3v) is 4.38. The number of hydrogen-bond acceptors (Lipinski definition) is 3. The highest BCUT2D eigenvalue weighted by atomic mass is 35.5. The van der Waals surface area contributed by atoms with E-state index in [1.807, 2.05) is 12.1 Å². The van der Waals surface area contributed by atoms with Crippen molar-refractivity contribution in [2.75, 3.05) is 5.32 Å². The van der Waals surface area contributed by atoms with Gasteiger partial charge in [0.25, 0.3) is 5.91 Å². The van der Waals surface area contributed by atoms with E-state index in [0.717, 1.165) is 11.1 Å². The Morgan fingerprint density at radius 1 is 1.28 bits per heavy atom. The molecular weight excluding hydrogens is 338 g/mol. The maximum atomic E-state index is 12.5. The Morgan fingerprint density at radius 2 is 2.04 bits per heavy atom. The minimum Gasteiger partial charge on any atom is -0.422 e. The first-order valence-electron chi connectivity index (χ1n) is 7.74. The van der Waals surface area contributed by atoms with Crippen molar-refractivity contribution in [3.8, 4) is 0 Å². The summed E-state index contributed by atoms with van der Waals surface area (Å²) in [6.07, 6.45) is 2.31. The standard InChI is InChI=1S/C20H16ClNO3/c1-3-6-13-7-4-8-14-11-15(20(24)25-18(13)14)19(23)22-17-10-5-9-16(21)12(17)2/h3-5,7-11H,1,6H2,2H3,(H,22,23). The van der Waals surface area contributed by atoms with Gasteiger partial charge in [0, 0.05) is 16.1 Å². The Labute approximate surface area is 149 Å². The third-order valence-electron chi connectivity index (χ3n) is 3.97. The second-order valence-corrected chi connectivity index (χ2v) is 6.05. The lowest BCUT2D eigenvalue weighted by atomic mass is 10.1. The van der Waals surface area contributed by atoms with Crippen molar-refractivity contribution in [3.63, 3.8) is 0 Å². The van der Waals surface area contributed by atoms with Gasteiger partial charge in [-0.25, -0.2) is 4.79 Å². The van der Waals surface area contributed by atoms with Crippen molar-refractivity contribution >= 4 is 34.2 Å². The predicted octanol–water partition coefficient (Wildman–Crippen LogP) is 4.74. The van der Waals surface area contributed by atoms with Gasteiger partial charge < -0.3 is 9.73 Å². The number of allylic oxidation sites excluding steroid dienone is 1. The molecule has 25 heavy (non-hydrogen) atoms. The summed E-state index contributed by atoms with van der Waals surface area (Å²) in [7, 11) is 0. The summed E-state index contributed by atoms with van der Waals surface area (Å²) >= 11 is 6.06. The highest BCUT2D eigenvalue weighted by molar-refractivity contribution is 6.31. The monoisotopic (exact) mass is 353 g/mol. The van der Waals surface area contributed by atoms with E-state index < -0.39 is 11.5 Å². The number of anilines is 1. The largest absolute Gasteiger partial charge is 0.422 e. The van der Waals surface area contributed by atoms with Crippen molar-refractivity contribution in [2.24, 2.45) is 0 Å². The van der Waals surface area contributed by atoms with Gasteiger partial charge in [0.1, 0.15) is 11.1 Å². The molecule has 1 amide bonds. The molecule has 2 aromatic carbocycles. The van der Waals surface area contributed by atoms with Crippen LogP contribution in [-0.2, 0) is 6.42 Å². The predicted molar refractivity (Wildman–Crippen MR) is 101 cm³/mol. The summed E-state index contributed by atoms with van der Waals surface area (Å²) in [5, 5.41) is 3.94. The first-order valence-corrected chi connectivity index (χ1v) is 8.12. The van der Waals surface area contributed by atoms with Crippen LogP contribution in [0.25, 0.3) is 11.0 Å². The Hall–Kier alpha value is -2.85. The molecule has 1 N–H and O–H groups in total. The molecule has 5 heteroatoms. The van der Waals surface area contributed by atoms with E-state index in [2.05, 4.69) is 11.9 Å². The number of amides is 1. The van der Waals surface area contributed by atoms with E-state index in [1.54, 1.807) is 43.3 Å². The smallest absolute Gasteiger partial charge is 0.349 e. The average Bonchev–Trinajstić information content (AvgIpc) is 2.59. The zero-order valence-electron chi connectivity index (χ0n) is 13.6. The molecule has 0 bridgehead atoms. The minimum atomic E-state index is -0.679. The van der Waals surface area contributed by atoms with Gasteiger partial charge in [-0.3, -0.25) is 4.79 Å². The Morgan fingerprint density at radius 3 is 2.80 bits per heavy atom. The molecule has 0 aliphatic rings. The van der Waals surface area contributed by atoms with Gasteiger partial charge in [0.15, 0.2) is 0 Å². The van der Waals surface area contributed by atoms with Crippen LogP contribution in [0.2, 0.25) is 5.02 Å². The molecule has 3 aromatic rings. The van der Waals surface area contributed by atoms with E-state index in [1.165, 1.54) is 0 Å². The number of nitrogens with one attached hydrogen (secondary N) is 1. The number of carbonyl (C=O) groups excluding carboxylic acids is 1. The van der Waals surface area contributed by atoms with Gasteiger partial charge in [-0.15, -0.1) is 6.58 Å². The minimum absolute atomic E-state index is 0.0531. The van der Waals surface area contributed by atoms with Crippen LogP contribution >= 0.6 is 11.6 Å². The van der Waals surface area contributed by atoms with E-state index >= 15 is 0 Å². The van der Waals surface area contributed by atoms with E-state index in [9.17, 15) is 9.59 Å². The summed E-state index contributed by atoms with van der Waals surface area (Å²) in [5.74, 6) is -0.532. The molecule has 0 radical (unpaired) electrons. The van der Waals surface area contributed by atoms with Gasteiger partial charge >= 0.3 is 5.63 Å². The molecule has 4 nitrogen and oxygen atoms in total. The molecule has 126 valence electrons. The van der Waals surface area contributed by atoms with Gasteiger partial charge in [-0.2, -0.15) is 0 Å². The number of halogens is 1. The van der Waals surface area contributed by atoms with Gasteiger partial charge in [-0.1, -0.05) is 41.9 Å². The van der Waals surface area contributed by atoms with Gasteiger partial charge in [0.2, 0.25) is 0 Å². The van der Waals surface area contributed by atoms with Crippen molar-refractivity contribution in [3.05, 3.63) is 87.3 Å². The summed E-state index contributed by atoms with van der Waals surface area (Å²) in [4.78, 5) is 24.8. The maximum absolute atomic E-state index is 12.5. The highest BCUT2D eigenvalue weighted by Gasteiger charge is 2.16. The normalized spacial score (nSPS) is 10.6. The zero-order chi connectivity index (χ0) is 18.0. The van der Waals surface area contributed by atoms with Crippen molar-refractivity contribution in [1.82, 2.24) is 0 Å². The Kier molecular flexibility index (Phi) is 4.72. The molecule has 0 unspecified atom stereocenters. The molecule has 0 aliphatic carbocycles. The second-order valence-electron chi connectivity index (χ2n) is 5.64. The summed E-state index contributed by atoms with van der Waals surface area (Å²) in [5.41, 5.74) is 1.88. The topological polar surface area (TPSA) is 59.3 Å². The van der Waals surface area contributed by atoms with Crippen LogP contribution in [0.1, 0.15) is 21.5 Å². The first kappa shape index (κ1) is 17.0. The summed E-state index contributed by atoms with van der Waals surface area (Å²) in [6, 6.07) is 12.2. The van der Waals surface area contributed by atoms with Crippen LogP contribution in [-0.4, -0.2) is 5.91 Å². The molecule has 0 saturated carbocycles. The quantitative estimate of drug-likeness (QED) is 0.544. The van der Waals surface area contributed by atoms with Crippen LogP contribution in [0.15, 0.2) is 64.3 Å². The van der Waals surface area contributed by atoms with Crippen LogP contribution < -0.4 is 10.9 Å². The number of hydrogen-bond donors (Lipinski definition) is 1. The molecule has 0 aliphatic heterocycles. The molecule has 0 spiro atoms. The maximum Gasteiger partial charge on any atom is 0.349 e. The zero-order valence-corrected chi connectivity index (χ0v) is 14.4. The SMILES string of the molecule is C=CCc1cccc2cc(C(=O)Nc3cccc(Cl)c3C)c(=O)oc12. The van der Waals surface area contributed by atoms with E-state index in [-0.39, 0.29) is 5.56 Å². The number of para-hydroxylation sites is 1. The Bertz CT molecular complexity index is 1040. The lowest BCUT2D eigenvalue weighted by Gasteiger charge is -2.10. The second kappa shape index (κ2) is 6.95. The molecule has 0 atom stereocenters. The highest BCUT2D eigenvalue weighted by Crippen LogP contribution is 2.24. The van der Waals surface area contributed by atoms with Crippen molar-refractivity contribution < 1.29 is 9.21 Å². The van der Waals surface area contributed by atoms with Crippen LogP contribution in [0.4, 0.5) is 5.69 Å². The average molecular weight is 354 g/mol. The first-order chi connectivity index (χ1) is 12.0. The molecule has 1 aromatic heterocycles. The lowest BCUT2D eigenvalue weighted by molar-refractivity contribution is 0.102. The van der Waals surface area contributed by atoms with Crippen LogP contribution in [0.3, 0.4) is 0 Å². The lowest BCUT2D eigenvalue weighted by Crippen LogP contribution is -2.21. The molecule has 0 saturated heterocycles. The van der Waals surface area contributed by atoms with Crippen molar-refractivity contribution in [2.45, 2.75) is 13.3 Å². The van der Waals surface area contributed by atoms with E-state index in [4.69, 9.17) is 16.0 Å². The number of rotatable bonds is 4. The van der Waals surface area contributed by atoms with Crippen LogP contribution in [0, 0.1) is 6.92 Å². The molecular formula is C20H16ClNO3. The fraction of sp³-hybridized carbons (Fsp3) is 0.100. The summed E-state index contributed by atoms with van der Waals surface area (Å²) < 4.78 is 5.40. The van der Waals surface area contributed by atoms with Crippen molar-refractivity contribution in [1.29, 1.82) is 0 Å². The number of fused-ring (bicyclic) bond motifs is 1. The van der Waals surface area contributed by atoms with Gasteiger partial charge in [-0.05, 0) is 42.7 Å². The van der Waals surface area contributed by atoms with Crippen LogP contribution in [0.5, 0.6) is 0 Å². The fourth-order valence-electron chi connectivity index (χ4n) is 2.61. The van der Waals surface area contributed by atoms with E-state index in [0.29, 0.717) is 28.1 Å².